The van der Waals surface area contributed by atoms with Crippen LogP contribution in [0.25, 0.3) is 0 Å². The van der Waals surface area contributed by atoms with E-state index in [1.165, 1.54) is 5.57 Å². The summed E-state index contributed by atoms with van der Waals surface area (Å²) < 4.78 is 6.35. The lowest BCUT2D eigenvalue weighted by atomic mass is 9.83. The maximum absolute atomic E-state index is 12.0. The number of aromatic carboxylic acids is 1. The summed E-state index contributed by atoms with van der Waals surface area (Å²) in [5.41, 5.74) is 2.24. The SMILES string of the molecule is CCCCCc1cc(OC(C)(C)CC)c([C@@H]2C=C(C)CCC2)c(O)c1C(=O)O. The van der Waals surface area contributed by atoms with Crippen LogP contribution in [0.2, 0.25) is 0 Å². The highest BCUT2D eigenvalue weighted by atomic mass is 16.5. The van der Waals surface area contributed by atoms with Crippen molar-refractivity contribution in [3.8, 4) is 11.5 Å². The second kappa shape index (κ2) is 9.49. The average molecular weight is 389 g/mol. The van der Waals surface area contributed by atoms with Gasteiger partial charge in [0.25, 0.3) is 0 Å². The fourth-order valence-corrected chi connectivity index (χ4v) is 3.86. The van der Waals surface area contributed by atoms with Gasteiger partial charge in [-0.3, -0.25) is 0 Å². The highest BCUT2D eigenvalue weighted by molar-refractivity contribution is 5.94. The minimum absolute atomic E-state index is 0.0146. The standard InChI is InChI=1S/C24H36O4/c1-6-8-9-12-18-15-19(28-24(4,5)7-2)20(22(25)21(18)23(26)27)17-13-10-11-16(3)14-17/h14-15,17,25H,6-13H2,1-5H3,(H,26,27)/t17-/m0/s1. The van der Waals surface area contributed by atoms with E-state index < -0.39 is 5.97 Å². The van der Waals surface area contributed by atoms with Crippen molar-refractivity contribution < 1.29 is 19.7 Å². The zero-order valence-corrected chi connectivity index (χ0v) is 18.1. The van der Waals surface area contributed by atoms with E-state index >= 15 is 0 Å². The van der Waals surface area contributed by atoms with Crippen molar-refractivity contribution >= 4 is 5.97 Å². The van der Waals surface area contributed by atoms with Gasteiger partial charge < -0.3 is 14.9 Å². The molecule has 1 aromatic carbocycles. The summed E-state index contributed by atoms with van der Waals surface area (Å²) in [4.78, 5) is 12.0. The number of hydrogen-bond donors (Lipinski definition) is 2. The molecule has 0 heterocycles. The van der Waals surface area contributed by atoms with E-state index in [1.807, 2.05) is 19.9 Å². The zero-order chi connectivity index (χ0) is 20.9. The fourth-order valence-electron chi connectivity index (χ4n) is 3.86. The lowest BCUT2D eigenvalue weighted by molar-refractivity contribution is 0.0691. The number of rotatable bonds is 9. The topological polar surface area (TPSA) is 66.8 Å². The van der Waals surface area contributed by atoms with Gasteiger partial charge in [0.05, 0.1) is 0 Å². The predicted molar refractivity (Wildman–Crippen MR) is 114 cm³/mol. The zero-order valence-electron chi connectivity index (χ0n) is 18.1. The number of benzene rings is 1. The van der Waals surface area contributed by atoms with Crippen LogP contribution in [0.15, 0.2) is 17.7 Å². The smallest absolute Gasteiger partial charge is 0.339 e. The van der Waals surface area contributed by atoms with Crippen LogP contribution >= 0.6 is 0 Å². The van der Waals surface area contributed by atoms with E-state index in [-0.39, 0.29) is 22.8 Å². The van der Waals surface area contributed by atoms with E-state index in [0.717, 1.165) is 44.9 Å². The lowest BCUT2D eigenvalue weighted by Gasteiger charge is -2.30. The molecule has 4 heteroatoms. The van der Waals surface area contributed by atoms with Crippen molar-refractivity contribution in [2.24, 2.45) is 0 Å². The van der Waals surface area contributed by atoms with Crippen LogP contribution in [0, 0.1) is 0 Å². The lowest BCUT2D eigenvalue weighted by Crippen LogP contribution is -2.28. The molecule has 0 radical (unpaired) electrons. The Morgan fingerprint density at radius 3 is 2.57 bits per heavy atom. The van der Waals surface area contributed by atoms with Crippen LogP contribution in [0.4, 0.5) is 0 Å². The van der Waals surface area contributed by atoms with Crippen LogP contribution in [0.5, 0.6) is 11.5 Å². The number of phenols is 1. The maximum atomic E-state index is 12.0. The van der Waals surface area contributed by atoms with Gasteiger partial charge in [-0.15, -0.1) is 0 Å². The largest absolute Gasteiger partial charge is 0.507 e. The molecule has 1 aromatic rings. The molecule has 0 amide bonds. The van der Waals surface area contributed by atoms with Gasteiger partial charge in [0.15, 0.2) is 0 Å². The Labute approximate surface area is 169 Å². The quantitative estimate of drug-likeness (QED) is 0.369. The van der Waals surface area contributed by atoms with E-state index in [9.17, 15) is 15.0 Å². The summed E-state index contributed by atoms with van der Waals surface area (Å²) in [5, 5.41) is 20.9. The van der Waals surface area contributed by atoms with Gasteiger partial charge in [0.1, 0.15) is 22.7 Å². The molecule has 2 rings (SSSR count). The Bertz CT molecular complexity index is 731. The first-order chi connectivity index (χ1) is 13.2. The van der Waals surface area contributed by atoms with Gasteiger partial charge in [0.2, 0.25) is 0 Å². The minimum Gasteiger partial charge on any atom is -0.507 e. The van der Waals surface area contributed by atoms with Crippen molar-refractivity contribution in [1.82, 2.24) is 0 Å². The molecular formula is C24H36O4. The second-order valence-electron chi connectivity index (χ2n) is 8.66. The second-order valence-corrected chi connectivity index (χ2v) is 8.66. The summed E-state index contributed by atoms with van der Waals surface area (Å²) in [7, 11) is 0. The number of aryl methyl sites for hydroxylation is 1. The number of ether oxygens (including phenoxy) is 1. The third-order valence-corrected chi connectivity index (χ3v) is 5.83. The predicted octanol–water partition coefficient (Wildman–Crippen LogP) is 6.60. The first-order valence-corrected chi connectivity index (χ1v) is 10.7. The van der Waals surface area contributed by atoms with Crippen molar-refractivity contribution in [3.63, 3.8) is 0 Å². The Balaban J connectivity index is 2.63. The molecular weight excluding hydrogens is 352 g/mol. The van der Waals surface area contributed by atoms with E-state index in [4.69, 9.17) is 4.74 Å². The Hall–Kier alpha value is -1.97. The number of unbranched alkanes of at least 4 members (excludes halogenated alkanes) is 2. The molecule has 2 N–H and O–H groups in total. The first-order valence-electron chi connectivity index (χ1n) is 10.7. The normalized spacial score (nSPS) is 17.3. The molecule has 156 valence electrons. The molecule has 1 aliphatic rings. The van der Waals surface area contributed by atoms with Gasteiger partial charge >= 0.3 is 5.97 Å². The summed E-state index contributed by atoms with van der Waals surface area (Å²) in [6.45, 7) is 10.3. The first kappa shape index (κ1) is 22.3. The van der Waals surface area contributed by atoms with E-state index in [1.54, 1.807) is 0 Å². The molecule has 0 saturated heterocycles. The summed E-state index contributed by atoms with van der Waals surface area (Å²) in [6.07, 6.45) is 9.57. The number of allylic oxidation sites excluding steroid dienone is 2. The summed E-state index contributed by atoms with van der Waals surface area (Å²) in [6, 6.07) is 1.88. The Morgan fingerprint density at radius 2 is 2.00 bits per heavy atom. The monoisotopic (exact) mass is 388 g/mol. The molecule has 0 fully saturated rings. The van der Waals surface area contributed by atoms with Crippen LogP contribution in [0.1, 0.15) is 107 Å². The molecule has 0 aliphatic heterocycles. The third-order valence-electron chi connectivity index (χ3n) is 5.83. The molecule has 28 heavy (non-hydrogen) atoms. The number of hydrogen-bond acceptors (Lipinski definition) is 3. The number of aromatic hydroxyl groups is 1. The summed E-state index contributed by atoms with van der Waals surface area (Å²) >= 11 is 0. The molecule has 0 saturated carbocycles. The van der Waals surface area contributed by atoms with Gasteiger partial charge in [-0.2, -0.15) is 0 Å². The molecule has 0 aromatic heterocycles. The van der Waals surface area contributed by atoms with Crippen LogP contribution in [0.3, 0.4) is 0 Å². The van der Waals surface area contributed by atoms with Crippen molar-refractivity contribution in [2.45, 2.75) is 97.5 Å². The van der Waals surface area contributed by atoms with Crippen LogP contribution in [-0.2, 0) is 6.42 Å². The Morgan fingerprint density at radius 1 is 1.29 bits per heavy atom. The van der Waals surface area contributed by atoms with Crippen molar-refractivity contribution in [3.05, 3.63) is 34.4 Å². The number of carbonyl (C=O) groups is 1. The molecule has 1 aliphatic carbocycles. The van der Waals surface area contributed by atoms with Gasteiger partial charge in [-0.05, 0) is 70.9 Å². The number of carboxylic acids is 1. The van der Waals surface area contributed by atoms with Gasteiger partial charge in [-0.1, -0.05) is 38.3 Å². The van der Waals surface area contributed by atoms with Crippen LogP contribution in [-0.4, -0.2) is 21.8 Å². The molecule has 0 spiro atoms. The number of carboxylic acid groups (broad SMARTS) is 1. The van der Waals surface area contributed by atoms with E-state index in [2.05, 4.69) is 26.8 Å². The third kappa shape index (κ3) is 5.30. The Kier molecular flexibility index (Phi) is 7.56. The highest BCUT2D eigenvalue weighted by Gasteiger charge is 2.30. The van der Waals surface area contributed by atoms with Crippen molar-refractivity contribution in [1.29, 1.82) is 0 Å². The fraction of sp³-hybridized carbons (Fsp3) is 0.625. The van der Waals surface area contributed by atoms with Crippen LogP contribution < -0.4 is 4.74 Å². The van der Waals surface area contributed by atoms with Gasteiger partial charge in [-0.25, -0.2) is 4.79 Å². The molecule has 0 bridgehead atoms. The maximum Gasteiger partial charge on any atom is 0.339 e. The van der Waals surface area contributed by atoms with Crippen molar-refractivity contribution in [2.75, 3.05) is 0 Å². The molecule has 1 atom stereocenters. The van der Waals surface area contributed by atoms with E-state index in [0.29, 0.717) is 23.3 Å². The summed E-state index contributed by atoms with van der Waals surface area (Å²) in [5.74, 6) is -0.557. The minimum atomic E-state index is -1.07. The molecule has 4 nitrogen and oxygen atoms in total. The molecule has 0 unspecified atom stereocenters. The average Bonchev–Trinajstić information content (AvgIpc) is 2.61. The highest BCUT2D eigenvalue weighted by Crippen LogP contribution is 2.45. The van der Waals surface area contributed by atoms with Gasteiger partial charge in [0, 0.05) is 11.5 Å².